The van der Waals surface area contributed by atoms with E-state index in [1.54, 1.807) is 30.3 Å². The minimum atomic E-state index is -3.59. The number of anilines is 1. The summed E-state index contributed by atoms with van der Waals surface area (Å²) in [5, 5.41) is 1.63. The van der Waals surface area contributed by atoms with Gasteiger partial charge in [-0.3, -0.25) is 0 Å². The topological polar surface area (TPSA) is 40.6 Å². The van der Waals surface area contributed by atoms with Crippen molar-refractivity contribution < 1.29 is 12.8 Å². The Bertz CT molecular complexity index is 1040. The Morgan fingerprint density at radius 1 is 0.769 bits per heavy atom. The summed E-state index contributed by atoms with van der Waals surface area (Å²) in [4.78, 5) is 2.22. The summed E-state index contributed by atoms with van der Waals surface area (Å²) in [5.74, 6) is -0.280. The van der Waals surface area contributed by atoms with E-state index in [1.807, 2.05) is 35.2 Å². The average Bonchev–Trinajstić information content (AvgIpc) is 2.68. The van der Waals surface area contributed by atoms with Crippen LogP contribution in [0.25, 0.3) is 10.8 Å². The Balaban J connectivity index is 1.60. The molecule has 0 spiro atoms. The summed E-state index contributed by atoms with van der Waals surface area (Å²) in [7, 11) is -3.59. The van der Waals surface area contributed by atoms with Crippen LogP contribution in [0.2, 0.25) is 0 Å². The predicted molar refractivity (Wildman–Crippen MR) is 101 cm³/mol. The first-order valence-corrected chi connectivity index (χ1v) is 9.99. The van der Waals surface area contributed by atoms with Crippen LogP contribution >= 0.6 is 0 Å². The number of hydrogen-bond acceptors (Lipinski definition) is 3. The minimum Gasteiger partial charge on any atom is -0.367 e. The van der Waals surface area contributed by atoms with Gasteiger partial charge in [0.05, 0.1) is 10.6 Å². The maximum atomic E-state index is 14.0. The first-order valence-electron chi connectivity index (χ1n) is 8.55. The van der Waals surface area contributed by atoms with Crippen molar-refractivity contribution in [3.8, 4) is 0 Å². The SMILES string of the molecule is O=S(=O)(c1cccc2ccccc12)N1CCN(c2ccccc2F)CC1. The van der Waals surface area contributed by atoms with Gasteiger partial charge in [-0.2, -0.15) is 4.31 Å². The minimum absolute atomic E-state index is 0.280. The molecule has 1 aliphatic rings. The van der Waals surface area contributed by atoms with Crippen LogP contribution in [0.3, 0.4) is 0 Å². The van der Waals surface area contributed by atoms with E-state index in [4.69, 9.17) is 0 Å². The van der Waals surface area contributed by atoms with Gasteiger partial charge in [-0.1, -0.05) is 48.5 Å². The highest BCUT2D eigenvalue weighted by molar-refractivity contribution is 7.89. The highest BCUT2D eigenvalue weighted by Crippen LogP contribution is 2.27. The monoisotopic (exact) mass is 370 g/mol. The van der Waals surface area contributed by atoms with Crippen molar-refractivity contribution in [2.24, 2.45) is 0 Å². The zero-order valence-electron chi connectivity index (χ0n) is 14.2. The molecule has 6 heteroatoms. The fraction of sp³-hybridized carbons (Fsp3) is 0.200. The maximum absolute atomic E-state index is 14.0. The normalized spacial score (nSPS) is 16.1. The van der Waals surface area contributed by atoms with E-state index in [2.05, 4.69) is 0 Å². The van der Waals surface area contributed by atoms with Crippen LogP contribution < -0.4 is 4.90 Å². The number of benzene rings is 3. The summed E-state index contributed by atoms with van der Waals surface area (Å²) in [6.45, 7) is 1.59. The van der Waals surface area contributed by atoms with E-state index in [9.17, 15) is 12.8 Å². The maximum Gasteiger partial charge on any atom is 0.243 e. The molecule has 1 aliphatic heterocycles. The van der Waals surface area contributed by atoms with Crippen LogP contribution in [0.4, 0.5) is 10.1 Å². The fourth-order valence-electron chi connectivity index (χ4n) is 3.44. The Morgan fingerprint density at radius 2 is 1.42 bits per heavy atom. The quantitative estimate of drug-likeness (QED) is 0.709. The highest BCUT2D eigenvalue weighted by atomic mass is 32.2. The Morgan fingerprint density at radius 3 is 2.19 bits per heavy atom. The lowest BCUT2D eigenvalue weighted by molar-refractivity contribution is 0.383. The second-order valence-electron chi connectivity index (χ2n) is 6.32. The summed E-state index contributed by atoms with van der Waals surface area (Å²) < 4.78 is 41.8. The molecule has 0 unspecified atom stereocenters. The lowest BCUT2D eigenvalue weighted by Crippen LogP contribution is -2.48. The molecule has 0 saturated carbocycles. The highest BCUT2D eigenvalue weighted by Gasteiger charge is 2.30. The van der Waals surface area contributed by atoms with Crippen LogP contribution in [0.5, 0.6) is 0 Å². The molecule has 0 amide bonds. The van der Waals surface area contributed by atoms with Crippen LogP contribution in [0.1, 0.15) is 0 Å². The van der Waals surface area contributed by atoms with Crippen molar-refractivity contribution in [2.45, 2.75) is 4.90 Å². The summed E-state index contributed by atoms with van der Waals surface area (Å²) in [6.07, 6.45) is 0. The number of sulfonamides is 1. The molecular formula is C20H19FN2O2S. The van der Waals surface area contributed by atoms with Gasteiger partial charge in [0.25, 0.3) is 0 Å². The number of para-hydroxylation sites is 1. The molecule has 134 valence electrons. The van der Waals surface area contributed by atoms with Gasteiger partial charge in [-0.15, -0.1) is 0 Å². The Kier molecular flexibility index (Phi) is 4.38. The number of hydrogen-bond donors (Lipinski definition) is 0. The largest absolute Gasteiger partial charge is 0.367 e. The zero-order valence-corrected chi connectivity index (χ0v) is 15.0. The smallest absolute Gasteiger partial charge is 0.243 e. The van der Waals surface area contributed by atoms with Gasteiger partial charge in [-0.25, -0.2) is 12.8 Å². The van der Waals surface area contributed by atoms with E-state index in [-0.39, 0.29) is 5.82 Å². The fourth-order valence-corrected chi connectivity index (χ4v) is 5.07. The Labute approximate surface area is 152 Å². The van der Waals surface area contributed by atoms with E-state index < -0.39 is 10.0 Å². The van der Waals surface area contributed by atoms with Gasteiger partial charge in [0, 0.05) is 31.6 Å². The number of piperazine rings is 1. The van der Waals surface area contributed by atoms with Crippen molar-refractivity contribution in [1.82, 2.24) is 4.31 Å². The molecule has 0 N–H and O–H groups in total. The second-order valence-corrected chi connectivity index (χ2v) is 8.23. The molecular weight excluding hydrogens is 351 g/mol. The van der Waals surface area contributed by atoms with Gasteiger partial charge in [0.2, 0.25) is 10.0 Å². The van der Waals surface area contributed by atoms with Gasteiger partial charge in [0.15, 0.2) is 0 Å². The van der Waals surface area contributed by atoms with E-state index in [0.29, 0.717) is 36.8 Å². The van der Waals surface area contributed by atoms with Crippen molar-refractivity contribution in [2.75, 3.05) is 31.1 Å². The van der Waals surface area contributed by atoms with Crippen LogP contribution in [0, 0.1) is 5.82 Å². The van der Waals surface area contributed by atoms with Crippen molar-refractivity contribution in [3.63, 3.8) is 0 Å². The third kappa shape index (κ3) is 2.95. The first kappa shape index (κ1) is 17.0. The molecule has 0 aliphatic carbocycles. The van der Waals surface area contributed by atoms with Gasteiger partial charge in [0.1, 0.15) is 5.82 Å². The third-order valence-electron chi connectivity index (χ3n) is 4.80. The molecule has 1 fully saturated rings. The Hall–Kier alpha value is -2.44. The summed E-state index contributed by atoms with van der Waals surface area (Å²) in [5.41, 5.74) is 0.523. The predicted octanol–water partition coefficient (Wildman–Crippen LogP) is 3.49. The molecule has 3 aromatic rings. The molecule has 0 aromatic heterocycles. The van der Waals surface area contributed by atoms with E-state index in [1.165, 1.54) is 10.4 Å². The van der Waals surface area contributed by atoms with Crippen molar-refractivity contribution in [3.05, 3.63) is 72.5 Å². The van der Waals surface area contributed by atoms with E-state index in [0.717, 1.165) is 10.8 Å². The lowest BCUT2D eigenvalue weighted by Gasteiger charge is -2.35. The molecule has 0 radical (unpaired) electrons. The van der Waals surface area contributed by atoms with Crippen LogP contribution in [-0.4, -0.2) is 38.9 Å². The summed E-state index contributed by atoms with van der Waals surface area (Å²) >= 11 is 0. The zero-order chi connectivity index (χ0) is 18.1. The second kappa shape index (κ2) is 6.70. The van der Waals surface area contributed by atoms with Gasteiger partial charge >= 0.3 is 0 Å². The molecule has 1 heterocycles. The van der Waals surface area contributed by atoms with E-state index >= 15 is 0 Å². The molecule has 0 bridgehead atoms. The average molecular weight is 370 g/mol. The lowest BCUT2D eigenvalue weighted by atomic mass is 10.1. The molecule has 26 heavy (non-hydrogen) atoms. The van der Waals surface area contributed by atoms with Gasteiger partial charge < -0.3 is 4.90 Å². The first-order chi connectivity index (χ1) is 12.6. The third-order valence-corrected chi connectivity index (χ3v) is 6.76. The molecule has 4 nitrogen and oxygen atoms in total. The van der Waals surface area contributed by atoms with Crippen LogP contribution in [0.15, 0.2) is 71.6 Å². The van der Waals surface area contributed by atoms with Gasteiger partial charge in [-0.05, 0) is 23.6 Å². The molecule has 3 aromatic carbocycles. The molecule has 1 saturated heterocycles. The number of nitrogens with zero attached hydrogens (tertiary/aromatic N) is 2. The number of halogens is 1. The summed E-state index contributed by atoms with van der Waals surface area (Å²) in [6, 6.07) is 19.4. The number of rotatable bonds is 3. The molecule has 4 rings (SSSR count). The number of fused-ring (bicyclic) bond motifs is 1. The van der Waals surface area contributed by atoms with Crippen LogP contribution in [-0.2, 0) is 10.0 Å². The van der Waals surface area contributed by atoms with Crippen molar-refractivity contribution >= 4 is 26.5 Å². The van der Waals surface area contributed by atoms with Crippen molar-refractivity contribution in [1.29, 1.82) is 0 Å². The standard InChI is InChI=1S/C20H19FN2O2S/c21-18-9-3-4-10-19(18)22-12-14-23(15-13-22)26(24,25)20-11-5-7-16-6-1-2-8-17(16)20/h1-11H,12-15H2. The molecule has 0 atom stereocenters.